The fourth-order valence-corrected chi connectivity index (χ4v) is 5.63. The molecule has 0 spiro atoms. The van der Waals surface area contributed by atoms with E-state index in [2.05, 4.69) is 13.2 Å². The Labute approximate surface area is 95.9 Å². The summed E-state index contributed by atoms with van der Waals surface area (Å²) < 4.78 is 13.6. The van der Waals surface area contributed by atoms with Crippen LogP contribution in [0.2, 0.25) is 8.97 Å². The number of carbonyl (C=O) groups is 2. The Kier molecular flexibility index (Phi) is 5.19. The molecule has 0 aliphatic rings. The van der Waals surface area contributed by atoms with E-state index in [9.17, 15) is 9.59 Å². The second-order valence-electron chi connectivity index (χ2n) is 3.74. The zero-order valence-electron chi connectivity index (χ0n) is 9.55. The Morgan fingerprint density at radius 2 is 1.20 bits per heavy atom. The van der Waals surface area contributed by atoms with Gasteiger partial charge in [-0.3, -0.25) is 0 Å². The molecule has 0 aromatic carbocycles. The predicted octanol–water partition coefficient (Wildman–Crippen LogP) is 1.93. The average molecular weight is 407 g/mol. The molecule has 4 nitrogen and oxygen atoms in total. The van der Waals surface area contributed by atoms with E-state index >= 15 is 0 Å². The van der Waals surface area contributed by atoms with Crippen LogP contribution in [-0.4, -0.2) is 34.0 Å². The van der Waals surface area contributed by atoms with Crippen LogP contribution in [-0.2, 0) is 15.0 Å². The topological polar surface area (TPSA) is 52.6 Å². The van der Waals surface area contributed by atoms with E-state index in [0.29, 0.717) is 11.1 Å². The molecule has 0 aliphatic heterocycles. The zero-order chi connectivity index (χ0) is 12.2. The quantitative estimate of drug-likeness (QED) is 0.528. The molecule has 0 fully saturated rings. The van der Waals surface area contributed by atoms with Crippen molar-refractivity contribution in [1.29, 1.82) is 0 Å². The zero-order valence-corrected chi connectivity index (χ0v) is 13.4. The van der Waals surface area contributed by atoms with Crippen LogP contribution in [0.3, 0.4) is 0 Å². The third kappa shape index (κ3) is 5.71. The summed E-state index contributed by atoms with van der Waals surface area (Å²) in [4.78, 5) is 22.5. The number of hydrogen-bond donors (Lipinski definition) is 0. The van der Waals surface area contributed by atoms with Crippen LogP contribution in [0.1, 0.15) is 13.8 Å². The third-order valence-corrected chi connectivity index (χ3v) is 6.64. The maximum atomic E-state index is 11.2. The molecule has 15 heavy (non-hydrogen) atoms. The third-order valence-electron chi connectivity index (χ3n) is 1.37. The van der Waals surface area contributed by atoms with Gasteiger partial charge in [0.15, 0.2) is 0 Å². The van der Waals surface area contributed by atoms with Gasteiger partial charge >= 0.3 is 96.1 Å². The molecule has 0 heterocycles. The van der Waals surface area contributed by atoms with Gasteiger partial charge in [0, 0.05) is 0 Å². The van der Waals surface area contributed by atoms with Crippen LogP contribution in [0.5, 0.6) is 0 Å². The number of carbonyl (C=O) groups excluding carboxylic acids is 2. The van der Waals surface area contributed by atoms with Crippen molar-refractivity contribution in [3.8, 4) is 0 Å². The normalized spacial score (nSPS) is 10.4. The molecule has 0 aliphatic carbocycles. The van der Waals surface area contributed by atoms with E-state index in [1.54, 1.807) is 22.8 Å². The van der Waals surface area contributed by atoms with Crippen molar-refractivity contribution in [2.75, 3.05) is 0 Å². The summed E-state index contributed by atoms with van der Waals surface area (Å²) in [6.07, 6.45) is 0. The van der Waals surface area contributed by atoms with Crippen LogP contribution < -0.4 is 0 Å². The second kappa shape index (κ2) is 5.43. The summed E-state index contributed by atoms with van der Waals surface area (Å²) in [5, 5.41) is 0. The first-order valence-corrected chi connectivity index (χ1v) is 15.4. The maximum absolute atomic E-state index is 11.2. The summed E-state index contributed by atoms with van der Waals surface area (Å²) >= 11 is -3.65. The molecule has 0 rings (SSSR count). The van der Waals surface area contributed by atoms with E-state index in [-0.39, 0.29) is 0 Å². The first-order valence-electron chi connectivity index (χ1n) is 4.43. The Morgan fingerprint density at radius 1 is 0.933 bits per heavy atom. The molecule has 0 bridgehead atoms. The van der Waals surface area contributed by atoms with Gasteiger partial charge in [-0.2, -0.15) is 0 Å². The van der Waals surface area contributed by atoms with Crippen molar-refractivity contribution in [2.24, 2.45) is 0 Å². The average Bonchev–Trinajstić information content (AvgIpc) is 2.01. The van der Waals surface area contributed by atoms with Crippen molar-refractivity contribution in [2.45, 2.75) is 22.8 Å². The molecule has 5 heteroatoms. The summed E-state index contributed by atoms with van der Waals surface area (Å²) in [6.45, 7) is 10.0. The van der Waals surface area contributed by atoms with Crippen molar-refractivity contribution >= 4 is 34.0 Å². The molecule has 84 valence electrons. The minimum atomic E-state index is -3.65. The van der Waals surface area contributed by atoms with Gasteiger partial charge < -0.3 is 0 Å². The summed E-state index contributed by atoms with van der Waals surface area (Å²) in [5.41, 5.74) is 0.601. The molecule has 0 aromatic heterocycles. The Hall–Kier alpha value is -0.658. The van der Waals surface area contributed by atoms with Gasteiger partial charge in [0.25, 0.3) is 0 Å². The van der Waals surface area contributed by atoms with E-state index in [1.807, 2.05) is 0 Å². The molecular formula is C10H16O4Pb. The van der Waals surface area contributed by atoms with Crippen LogP contribution in [0.25, 0.3) is 0 Å². The van der Waals surface area contributed by atoms with Crippen molar-refractivity contribution in [3.63, 3.8) is 0 Å². The van der Waals surface area contributed by atoms with Gasteiger partial charge in [-0.15, -0.1) is 0 Å². The van der Waals surface area contributed by atoms with E-state index in [1.165, 1.54) is 0 Å². The van der Waals surface area contributed by atoms with Crippen molar-refractivity contribution < 1.29 is 15.0 Å². The van der Waals surface area contributed by atoms with Gasteiger partial charge in [-0.05, 0) is 0 Å². The van der Waals surface area contributed by atoms with Crippen LogP contribution >= 0.6 is 0 Å². The van der Waals surface area contributed by atoms with Crippen LogP contribution in [0.4, 0.5) is 0 Å². The number of rotatable bonds is 4. The Bertz CT molecular complexity index is 287. The standard InChI is InChI=1S/2C4H6O2.2CH3.Pb/c2*1-3(2)4(5)6;;;/h2*1H2,2H3,(H,5,6);2*1H3;/q;;;;+2/p-2. The predicted molar refractivity (Wildman–Crippen MR) is 59.3 cm³/mol. The molecule has 0 amide bonds. The monoisotopic (exact) mass is 408 g/mol. The molecule has 0 N–H and O–H groups in total. The molecule has 0 atom stereocenters. The van der Waals surface area contributed by atoms with E-state index in [0.717, 1.165) is 0 Å². The van der Waals surface area contributed by atoms with Gasteiger partial charge in [-0.25, -0.2) is 0 Å². The SMILES string of the molecule is C=C(C)C(=O)[O][Pb]([CH3])([CH3])[O]C(=O)C(=C)C. The van der Waals surface area contributed by atoms with Gasteiger partial charge in [0.05, 0.1) is 0 Å². The molecule has 0 radical (unpaired) electrons. The summed E-state index contributed by atoms with van der Waals surface area (Å²) in [7, 11) is 0. The Balaban J connectivity index is 4.43. The fraction of sp³-hybridized carbons (Fsp3) is 0.400. The van der Waals surface area contributed by atoms with Crippen molar-refractivity contribution in [1.82, 2.24) is 0 Å². The Morgan fingerprint density at radius 3 is 1.40 bits per heavy atom. The number of hydrogen-bond acceptors (Lipinski definition) is 4. The summed E-state index contributed by atoms with van der Waals surface area (Å²) in [6, 6.07) is 0. The minimum absolute atomic E-state index is 0.300. The van der Waals surface area contributed by atoms with Gasteiger partial charge in [-0.1, -0.05) is 0 Å². The molecule has 0 aromatic rings. The van der Waals surface area contributed by atoms with Crippen molar-refractivity contribution in [3.05, 3.63) is 24.3 Å². The van der Waals surface area contributed by atoms with E-state index in [4.69, 9.17) is 5.37 Å². The molecule has 0 saturated heterocycles. The van der Waals surface area contributed by atoms with Gasteiger partial charge in [0.2, 0.25) is 0 Å². The van der Waals surface area contributed by atoms with Gasteiger partial charge in [0.1, 0.15) is 0 Å². The summed E-state index contributed by atoms with van der Waals surface area (Å²) in [5.74, 6) is -1.01. The van der Waals surface area contributed by atoms with Crippen LogP contribution in [0, 0.1) is 0 Å². The van der Waals surface area contributed by atoms with Crippen LogP contribution in [0.15, 0.2) is 24.3 Å². The fourth-order valence-electron chi connectivity index (χ4n) is 0.642. The first-order chi connectivity index (χ1) is 6.65. The first kappa shape index (κ1) is 14.3. The van der Waals surface area contributed by atoms with E-state index < -0.39 is 34.0 Å². The molecule has 0 unspecified atom stereocenters. The molecular weight excluding hydrogens is 391 g/mol. The molecule has 0 saturated carbocycles. The second-order valence-corrected chi connectivity index (χ2v) is 16.2.